The minimum Gasteiger partial charge on any atom is -0.308 e. The molecule has 0 spiro atoms. The lowest BCUT2D eigenvalue weighted by molar-refractivity contribution is 1.07. The van der Waals surface area contributed by atoms with E-state index in [4.69, 9.17) is 15.0 Å². The van der Waals surface area contributed by atoms with E-state index in [1.165, 1.54) is 48.8 Å². The van der Waals surface area contributed by atoms with Gasteiger partial charge in [-0.3, -0.25) is 0 Å². The van der Waals surface area contributed by atoms with Gasteiger partial charge >= 0.3 is 0 Å². The summed E-state index contributed by atoms with van der Waals surface area (Å²) in [7, 11) is 0. The Morgan fingerprint density at radius 3 is 1.57 bits per heavy atom. The molecule has 10 aromatic carbocycles. The Balaban J connectivity index is 1.15. The van der Waals surface area contributed by atoms with Gasteiger partial charge in [0.05, 0.1) is 16.7 Å². The Morgan fingerprint density at radius 2 is 0.820 bits per heavy atom. The number of aromatic nitrogens is 4. The van der Waals surface area contributed by atoms with Crippen molar-refractivity contribution in [1.29, 1.82) is 0 Å². The van der Waals surface area contributed by atoms with E-state index in [9.17, 15) is 0 Å². The van der Waals surface area contributed by atoms with Crippen LogP contribution in [0.15, 0.2) is 218 Å². The Morgan fingerprint density at radius 1 is 0.279 bits per heavy atom. The molecule has 0 saturated carbocycles. The summed E-state index contributed by atoms with van der Waals surface area (Å²) in [5.41, 5.74) is 10.7. The molecule has 0 saturated heterocycles. The predicted octanol–water partition coefficient (Wildman–Crippen LogP) is 14.8. The van der Waals surface area contributed by atoms with Crippen molar-refractivity contribution in [3.8, 4) is 62.1 Å². The molecule has 0 radical (unpaired) electrons. The van der Waals surface area contributed by atoms with Crippen LogP contribution < -0.4 is 0 Å². The highest BCUT2D eigenvalue weighted by Gasteiger charge is 2.21. The highest BCUT2D eigenvalue weighted by molar-refractivity contribution is 6.21. The molecule has 0 aliphatic heterocycles. The van der Waals surface area contributed by atoms with Crippen molar-refractivity contribution in [3.05, 3.63) is 218 Å². The van der Waals surface area contributed by atoms with Gasteiger partial charge in [0.2, 0.25) is 0 Å². The lowest BCUT2D eigenvalue weighted by Gasteiger charge is -2.18. The highest BCUT2D eigenvalue weighted by atomic mass is 15.0. The van der Waals surface area contributed by atoms with Gasteiger partial charge in [0.15, 0.2) is 17.5 Å². The molecule has 2 heterocycles. The number of hydrogen-bond acceptors (Lipinski definition) is 3. The molecule has 2 aromatic heterocycles. The predicted molar refractivity (Wildman–Crippen MR) is 254 cm³/mol. The topological polar surface area (TPSA) is 43.6 Å². The lowest BCUT2D eigenvalue weighted by atomic mass is 9.96. The SMILES string of the molecule is c1ccc(-c2cccc(-c3cc(-c4nc(-c5ccccc5)nc(-c5ccc6ccccc6c5)n4)ccc3-n3c4cc5ccccc5cc4c4ccc5ccccc5c43)c2)cc1. The molecule has 0 fully saturated rings. The summed E-state index contributed by atoms with van der Waals surface area (Å²) in [6.07, 6.45) is 0. The number of hydrogen-bond donors (Lipinski definition) is 0. The van der Waals surface area contributed by atoms with Crippen molar-refractivity contribution in [2.45, 2.75) is 0 Å². The summed E-state index contributed by atoms with van der Waals surface area (Å²) in [4.78, 5) is 15.5. The van der Waals surface area contributed by atoms with Gasteiger partial charge in [0.1, 0.15) is 0 Å². The van der Waals surface area contributed by atoms with Crippen LogP contribution >= 0.6 is 0 Å². The van der Waals surface area contributed by atoms with Crippen molar-refractivity contribution in [2.24, 2.45) is 0 Å². The number of fused-ring (bicyclic) bond motifs is 7. The maximum Gasteiger partial charge on any atom is 0.164 e. The first-order valence-electron chi connectivity index (χ1n) is 20.7. The van der Waals surface area contributed by atoms with Gasteiger partial charge in [0.25, 0.3) is 0 Å². The average Bonchev–Trinajstić information content (AvgIpc) is 3.66. The summed E-state index contributed by atoms with van der Waals surface area (Å²) in [5, 5.41) is 9.58. The number of benzene rings is 10. The molecule has 0 aliphatic carbocycles. The van der Waals surface area contributed by atoms with E-state index in [1.54, 1.807) is 0 Å². The van der Waals surface area contributed by atoms with Gasteiger partial charge in [-0.1, -0.05) is 176 Å². The third-order valence-corrected chi connectivity index (χ3v) is 12.0. The van der Waals surface area contributed by atoms with Gasteiger partial charge in [-0.2, -0.15) is 0 Å². The minimum absolute atomic E-state index is 0.614. The maximum absolute atomic E-state index is 5.24. The molecular weight excluding hydrogens is 741 g/mol. The molecular formula is C57H36N4. The minimum atomic E-state index is 0.614. The highest BCUT2D eigenvalue weighted by Crippen LogP contribution is 2.42. The van der Waals surface area contributed by atoms with E-state index in [1.807, 2.05) is 18.2 Å². The standard InChI is InChI=1S/C57H36N4/c1-3-14-37(15-4-1)42-23-13-24-45(32-42)50-35-47(57-59-55(40-18-5-2-6-19-40)58-56(60-57)46-27-26-38-16-7-8-20-41(38)33-46)29-31-52(50)61-53-36-44-22-10-9-21-43(44)34-51(53)49-30-28-39-17-11-12-25-48(39)54(49)61/h1-36H. The Kier molecular flexibility index (Phi) is 8.13. The van der Waals surface area contributed by atoms with Gasteiger partial charge in [-0.05, 0) is 86.1 Å². The number of nitrogens with zero attached hydrogens (tertiary/aromatic N) is 4. The van der Waals surface area contributed by atoms with Crippen LogP contribution in [-0.2, 0) is 0 Å². The van der Waals surface area contributed by atoms with Gasteiger partial charge in [0, 0.05) is 38.4 Å². The van der Waals surface area contributed by atoms with E-state index >= 15 is 0 Å². The molecule has 12 aromatic rings. The number of rotatable bonds is 6. The van der Waals surface area contributed by atoms with E-state index in [0.29, 0.717) is 17.5 Å². The second kappa shape index (κ2) is 14.3. The zero-order valence-electron chi connectivity index (χ0n) is 33.1. The lowest BCUT2D eigenvalue weighted by Crippen LogP contribution is -2.02. The summed E-state index contributed by atoms with van der Waals surface area (Å²) in [6.45, 7) is 0. The van der Waals surface area contributed by atoms with Crippen LogP contribution in [0.1, 0.15) is 0 Å². The third-order valence-electron chi connectivity index (χ3n) is 12.0. The van der Waals surface area contributed by atoms with Crippen molar-refractivity contribution in [2.75, 3.05) is 0 Å². The molecule has 0 bridgehead atoms. The van der Waals surface area contributed by atoms with Gasteiger partial charge < -0.3 is 4.57 Å². The van der Waals surface area contributed by atoms with E-state index < -0.39 is 0 Å². The van der Waals surface area contributed by atoms with Gasteiger partial charge in [-0.25, -0.2) is 15.0 Å². The largest absolute Gasteiger partial charge is 0.308 e. The first-order chi connectivity index (χ1) is 30.2. The molecule has 12 rings (SSSR count). The molecule has 0 unspecified atom stereocenters. The van der Waals surface area contributed by atoms with Crippen LogP contribution in [-0.4, -0.2) is 19.5 Å². The smallest absolute Gasteiger partial charge is 0.164 e. The van der Waals surface area contributed by atoms with E-state index in [0.717, 1.165) is 50.0 Å². The van der Waals surface area contributed by atoms with Crippen molar-refractivity contribution >= 4 is 54.1 Å². The maximum atomic E-state index is 5.24. The van der Waals surface area contributed by atoms with Crippen LogP contribution in [0.5, 0.6) is 0 Å². The zero-order valence-corrected chi connectivity index (χ0v) is 33.1. The molecule has 0 N–H and O–H groups in total. The molecule has 0 atom stereocenters. The fourth-order valence-corrected chi connectivity index (χ4v) is 8.99. The Bertz CT molecular complexity index is 3650. The second-order valence-electron chi connectivity index (χ2n) is 15.6. The molecule has 4 nitrogen and oxygen atoms in total. The Labute approximate surface area is 352 Å². The summed E-state index contributed by atoms with van der Waals surface area (Å²) >= 11 is 0. The van der Waals surface area contributed by atoms with Crippen LogP contribution in [0.3, 0.4) is 0 Å². The molecule has 0 aliphatic rings. The first-order valence-corrected chi connectivity index (χ1v) is 20.7. The van der Waals surface area contributed by atoms with Crippen molar-refractivity contribution < 1.29 is 0 Å². The zero-order chi connectivity index (χ0) is 40.3. The van der Waals surface area contributed by atoms with Crippen LogP contribution in [0.2, 0.25) is 0 Å². The van der Waals surface area contributed by atoms with Gasteiger partial charge in [-0.15, -0.1) is 0 Å². The van der Waals surface area contributed by atoms with Crippen molar-refractivity contribution in [3.63, 3.8) is 0 Å². The first kappa shape index (κ1) is 34.8. The fourth-order valence-electron chi connectivity index (χ4n) is 8.99. The molecule has 61 heavy (non-hydrogen) atoms. The summed E-state index contributed by atoms with van der Waals surface area (Å²) in [5.74, 6) is 1.88. The third kappa shape index (κ3) is 6.04. The second-order valence-corrected chi connectivity index (χ2v) is 15.6. The van der Waals surface area contributed by atoms with E-state index in [-0.39, 0.29) is 0 Å². The monoisotopic (exact) mass is 776 g/mol. The van der Waals surface area contributed by atoms with Crippen LogP contribution in [0, 0.1) is 0 Å². The molecule has 4 heteroatoms. The summed E-state index contributed by atoms with van der Waals surface area (Å²) in [6, 6.07) is 77.8. The van der Waals surface area contributed by atoms with E-state index in [2.05, 4.69) is 205 Å². The quantitative estimate of drug-likeness (QED) is 0.169. The summed E-state index contributed by atoms with van der Waals surface area (Å²) < 4.78 is 2.48. The molecule has 0 amide bonds. The van der Waals surface area contributed by atoms with Crippen LogP contribution in [0.4, 0.5) is 0 Å². The normalized spacial score (nSPS) is 11.6. The Hall–Kier alpha value is -8.21. The average molecular weight is 777 g/mol. The molecule has 284 valence electrons. The fraction of sp³-hybridized carbons (Fsp3) is 0. The van der Waals surface area contributed by atoms with Crippen molar-refractivity contribution in [1.82, 2.24) is 19.5 Å². The van der Waals surface area contributed by atoms with Crippen LogP contribution in [0.25, 0.3) is 116 Å².